The molecule has 0 amide bonds. The molecule has 2 aromatic heterocycles. The monoisotopic (exact) mass is 272 g/mol. The third-order valence-corrected chi connectivity index (χ3v) is 2.65. The topological polar surface area (TPSA) is 35.0 Å². The predicted octanol–water partition coefficient (Wildman–Crippen LogP) is 3.05. The molecule has 0 unspecified atom stereocenters. The van der Waals surface area contributed by atoms with Crippen LogP contribution >= 0.6 is 27.5 Å². The molecule has 0 spiro atoms. The molecule has 0 aromatic carbocycles. The van der Waals surface area contributed by atoms with Gasteiger partial charge in [-0.05, 0) is 28.1 Å². The molecular weight excluding hydrogens is 267 g/mol. The number of nitrogens with zero attached hydrogens (tertiary/aromatic N) is 2. The van der Waals surface area contributed by atoms with Gasteiger partial charge in [0.2, 0.25) is 5.88 Å². The molecule has 2 rings (SSSR count). The molecule has 0 aliphatic heterocycles. The van der Waals surface area contributed by atoms with Crippen molar-refractivity contribution in [1.29, 1.82) is 0 Å². The molecular formula is C9H6BrClN2O. The van der Waals surface area contributed by atoms with Gasteiger partial charge in [0, 0.05) is 6.20 Å². The molecule has 0 N–H and O–H groups in total. The van der Waals surface area contributed by atoms with Crippen LogP contribution in [0.5, 0.6) is 5.88 Å². The highest BCUT2D eigenvalue weighted by atomic mass is 79.9. The highest BCUT2D eigenvalue weighted by Crippen LogP contribution is 2.28. The number of hydrogen-bond acceptors (Lipinski definition) is 3. The predicted molar refractivity (Wildman–Crippen MR) is 58.8 cm³/mol. The fraction of sp³-hybridized carbons (Fsp3) is 0.111. The molecule has 0 bridgehead atoms. The smallest absolute Gasteiger partial charge is 0.228 e. The molecule has 0 atom stereocenters. The zero-order valence-electron chi connectivity index (χ0n) is 7.29. The number of halogens is 2. The molecule has 2 aromatic rings. The summed E-state index contributed by atoms with van der Waals surface area (Å²) in [4.78, 5) is 8.38. The Kier molecular flexibility index (Phi) is 2.56. The van der Waals surface area contributed by atoms with E-state index in [0.717, 1.165) is 9.99 Å². The lowest BCUT2D eigenvalue weighted by molar-refractivity contribution is 0.397. The molecule has 5 heteroatoms. The quantitative estimate of drug-likeness (QED) is 0.801. The van der Waals surface area contributed by atoms with Crippen LogP contribution in [0.4, 0.5) is 0 Å². The van der Waals surface area contributed by atoms with Gasteiger partial charge in [0.15, 0.2) is 0 Å². The van der Waals surface area contributed by atoms with Crippen molar-refractivity contribution < 1.29 is 4.74 Å². The van der Waals surface area contributed by atoms with E-state index in [2.05, 4.69) is 25.9 Å². The van der Waals surface area contributed by atoms with Crippen molar-refractivity contribution in [2.45, 2.75) is 0 Å². The molecule has 3 nitrogen and oxygen atoms in total. The molecule has 2 heterocycles. The minimum Gasteiger partial charge on any atom is -0.480 e. The Bertz CT molecular complexity index is 489. The summed E-state index contributed by atoms with van der Waals surface area (Å²) in [5, 5.41) is 0.570. The lowest BCUT2D eigenvalue weighted by atomic mass is 10.3. The molecule has 0 aliphatic rings. The van der Waals surface area contributed by atoms with Crippen molar-refractivity contribution in [3.8, 4) is 5.88 Å². The first kappa shape index (κ1) is 9.68. The average molecular weight is 274 g/mol. The van der Waals surface area contributed by atoms with Gasteiger partial charge < -0.3 is 4.74 Å². The van der Waals surface area contributed by atoms with Gasteiger partial charge in [0.1, 0.15) is 5.52 Å². The molecule has 0 saturated heterocycles. The van der Waals surface area contributed by atoms with Gasteiger partial charge in [-0.15, -0.1) is 0 Å². The number of aromatic nitrogens is 2. The van der Waals surface area contributed by atoms with Gasteiger partial charge in [-0.2, -0.15) is 0 Å². The fourth-order valence-corrected chi connectivity index (χ4v) is 1.80. The van der Waals surface area contributed by atoms with Crippen molar-refractivity contribution in [3.05, 3.63) is 27.8 Å². The first-order valence-corrected chi connectivity index (χ1v) is 5.04. The zero-order valence-corrected chi connectivity index (χ0v) is 9.63. The van der Waals surface area contributed by atoms with Gasteiger partial charge in [0.05, 0.1) is 22.1 Å². The summed E-state index contributed by atoms with van der Waals surface area (Å²) in [6, 6.07) is 3.53. The van der Waals surface area contributed by atoms with Crippen molar-refractivity contribution in [3.63, 3.8) is 0 Å². The number of fused-ring (bicyclic) bond motifs is 1. The van der Waals surface area contributed by atoms with Crippen molar-refractivity contribution in [1.82, 2.24) is 9.97 Å². The number of pyridine rings is 2. The first-order chi connectivity index (χ1) is 6.72. The van der Waals surface area contributed by atoms with Gasteiger partial charge >= 0.3 is 0 Å². The summed E-state index contributed by atoms with van der Waals surface area (Å²) in [6.07, 6.45) is 1.64. The molecule has 0 radical (unpaired) electrons. The van der Waals surface area contributed by atoms with E-state index < -0.39 is 0 Å². The van der Waals surface area contributed by atoms with E-state index in [4.69, 9.17) is 16.3 Å². The Labute approximate surface area is 94.2 Å². The lowest BCUT2D eigenvalue weighted by Crippen LogP contribution is -1.91. The maximum atomic E-state index is 5.96. The highest BCUT2D eigenvalue weighted by molar-refractivity contribution is 9.10. The van der Waals surface area contributed by atoms with E-state index in [9.17, 15) is 0 Å². The minimum absolute atomic E-state index is 0.507. The first-order valence-electron chi connectivity index (χ1n) is 3.87. The normalized spacial score (nSPS) is 10.5. The second-order valence-corrected chi connectivity index (χ2v) is 3.90. The van der Waals surface area contributed by atoms with Gasteiger partial charge in [-0.1, -0.05) is 11.6 Å². The Morgan fingerprint density at radius 1 is 1.50 bits per heavy atom. The molecule has 14 heavy (non-hydrogen) atoms. The third kappa shape index (κ3) is 1.55. The van der Waals surface area contributed by atoms with Crippen molar-refractivity contribution in [2.75, 3.05) is 7.11 Å². The molecule has 0 fully saturated rings. The Morgan fingerprint density at radius 3 is 3.00 bits per heavy atom. The van der Waals surface area contributed by atoms with Crippen LogP contribution in [-0.4, -0.2) is 17.1 Å². The summed E-state index contributed by atoms with van der Waals surface area (Å²) in [7, 11) is 1.56. The van der Waals surface area contributed by atoms with E-state index >= 15 is 0 Å². The maximum absolute atomic E-state index is 5.96. The Morgan fingerprint density at radius 2 is 2.29 bits per heavy atom. The summed E-state index contributed by atoms with van der Waals surface area (Å²) in [6.45, 7) is 0. The number of methoxy groups -OCH3 is 1. The standard InChI is InChI=1S/C9H6BrClN2O/c1-14-9-5(10)4-7-8(13-9)6(11)2-3-12-7/h2-4H,1H3. The maximum Gasteiger partial charge on any atom is 0.228 e. The van der Waals surface area contributed by atoms with Crippen LogP contribution in [-0.2, 0) is 0 Å². The molecule has 72 valence electrons. The van der Waals surface area contributed by atoms with Crippen molar-refractivity contribution >= 4 is 38.6 Å². The summed E-state index contributed by atoms with van der Waals surface area (Å²) in [5.41, 5.74) is 1.39. The average Bonchev–Trinajstić information content (AvgIpc) is 2.17. The highest BCUT2D eigenvalue weighted by Gasteiger charge is 2.07. The second kappa shape index (κ2) is 3.71. The number of rotatable bonds is 1. The van der Waals surface area contributed by atoms with E-state index in [1.54, 1.807) is 19.4 Å². The molecule has 0 aliphatic carbocycles. The second-order valence-electron chi connectivity index (χ2n) is 2.64. The van der Waals surface area contributed by atoms with Crippen molar-refractivity contribution in [2.24, 2.45) is 0 Å². The summed E-state index contributed by atoms with van der Waals surface area (Å²) < 4.78 is 5.83. The number of ether oxygens (including phenoxy) is 1. The number of hydrogen-bond donors (Lipinski definition) is 0. The van der Waals surface area contributed by atoms with Crippen LogP contribution in [0.1, 0.15) is 0 Å². The van der Waals surface area contributed by atoms with E-state index in [1.165, 1.54) is 0 Å². The fourth-order valence-electron chi connectivity index (χ4n) is 1.14. The zero-order chi connectivity index (χ0) is 10.1. The minimum atomic E-state index is 0.507. The summed E-state index contributed by atoms with van der Waals surface area (Å²) >= 11 is 9.30. The molecule has 0 saturated carbocycles. The van der Waals surface area contributed by atoms with Crippen LogP contribution in [0.2, 0.25) is 5.02 Å². The lowest BCUT2D eigenvalue weighted by Gasteiger charge is -2.04. The van der Waals surface area contributed by atoms with Crippen LogP contribution in [0, 0.1) is 0 Å². The van der Waals surface area contributed by atoms with Crippen LogP contribution in [0.15, 0.2) is 22.8 Å². The SMILES string of the molecule is COc1nc2c(Cl)ccnc2cc1Br. The van der Waals surface area contributed by atoms with Gasteiger partial charge in [0.25, 0.3) is 0 Å². The largest absolute Gasteiger partial charge is 0.480 e. The Hall–Kier alpha value is -0.870. The van der Waals surface area contributed by atoms with Crippen LogP contribution in [0.25, 0.3) is 11.0 Å². The van der Waals surface area contributed by atoms with E-state index in [1.807, 2.05) is 6.07 Å². The van der Waals surface area contributed by atoms with Crippen LogP contribution < -0.4 is 4.74 Å². The Balaban J connectivity index is 2.80. The van der Waals surface area contributed by atoms with Crippen LogP contribution in [0.3, 0.4) is 0 Å². The van der Waals surface area contributed by atoms with E-state index in [0.29, 0.717) is 16.4 Å². The van der Waals surface area contributed by atoms with Gasteiger partial charge in [-0.3, -0.25) is 4.98 Å². The third-order valence-electron chi connectivity index (χ3n) is 1.78. The van der Waals surface area contributed by atoms with Gasteiger partial charge in [-0.25, -0.2) is 4.98 Å². The van der Waals surface area contributed by atoms with E-state index in [-0.39, 0.29) is 0 Å². The summed E-state index contributed by atoms with van der Waals surface area (Å²) in [5.74, 6) is 0.507.